The van der Waals surface area contributed by atoms with Gasteiger partial charge in [0.1, 0.15) is 0 Å². The Morgan fingerprint density at radius 3 is 1.07 bits per heavy atom. The highest BCUT2D eigenvalue weighted by Crippen LogP contribution is 2.39. The van der Waals surface area contributed by atoms with Crippen LogP contribution in [-0.2, 0) is 13.1 Å². The maximum Gasteiger partial charge on any atom is 0.0429 e. The average molecular weight is 599 g/mol. The molecule has 228 valence electrons. The molecule has 0 amide bonds. The Hall–Kier alpha value is -5.34. The highest BCUT2D eigenvalue weighted by molar-refractivity contribution is 6.05. The zero-order valence-corrected chi connectivity index (χ0v) is 26.9. The topological polar surface area (TPSA) is 6.48 Å². The van der Waals surface area contributed by atoms with Gasteiger partial charge in [0, 0.05) is 37.6 Å². The molecular weight excluding hydrogens is 556 g/mol. The highest BCUT2D eigenvalue weighted by Gasteiger charge is 2.19. The van der Waals surface area contributed by atoms with Crippen LogP contribution in [-0.4, -0.2) is 13.1 Å². The summed E-state index contributed by atoms with van der Waals surface area (Å²) in [7, 11) is 0. The quantitative estimate of drug-likeness (QED) is 0.129. The summed E-state index contributed by atoms with van der Waals surface area (Å²) in [6, 6.07) is 61.4. The van der Waals surface area contributed by atoms with E-state index in [-0.39, 0.29) is 0 Å². The summed E-state index contributed by atoms with van der Waals surface area (Å²) >= 11 is 0. The summed E-state index contributed by atoms with van der Waals surface area (Å²) in [5.74, 6) is 0. The molecule has 0 heterocycles. The lowest BCUT2D eigenvalue weighted by Gasteiger charge is -2.26. The third-order valence-electron chi connectivity index (χ3n) is 8.57. The van der Waals surface area contributed by atoms with E-state index in [1.165, 1.54) is 55.9 Å². The first-order valence-corrected chi connectivity index (χ1v) is 16.4. The monoisotopic (exact) mass is 598 g/mol. The fourth-order valence-corrected chi connectivity index (χ4v) is 6.22. The smallest absolute Gasteiger partial charge is 0.0429 e. The second-order valence-corrected chi connectivity index (χ2v) is 11.6. The Morgan fingerprint density at radius 2 is 0.696 bits per heavy atom. The Balaban J connectivity index is 1.53. The minimum absolute atomic E-state index is 0.866. The fourth-order valence-electron chi connectivity index (χ4n) is 6.22. The van der Waals surface area contributed by atoms with Crippen LogP contribution in [0.1, 0.15) is 47.2 Å². The lowest BCUT2D eigenvalue weighted by atomic mass is 9.85. The molecule has 0 spiro atoms. The molecule has 6 aromatic rings. The first-order valence-electron chi connectivity index (χ1n) is 16.4. The van der Waals surface area contributed by atoms with E-state index in [0.717, 1.165) is 26.2 Å². The first-order chi connectivity index (χ1) is 22.7. The normalized spacial score (nSPS) is 10.7. The van der Waals surface area contributed by atoms with Crippen molar-refractivity contribution in [2.24, 2.45) is 0 Å². The maximum atomic E-state index is 2.45. The van der Waals surface area contributed by atoms with Gasteiger partial charge >= 0.3 is 0 Å². The van der Waals surface area contributed by atoms with E-state index in [9.17, 15) is 0 Å². The molecule has 0 aliphatic carbocycles. The van der Waals surface area contributed by atoms with E-state index >= 15 is 0 Å². The number of rotatable bonds is 12. The first kappa shape index (κ1) is 30.7. The summed E-state index contributed by atoms with van der Waals surface area (Å²) in [6.45, 7) is 8.04. The van der Waals surface area contributed by atoms with Gasteiger partial charge in [0.2, 0.25) is 0 Å². The van der Waals surface area contributed by atoms with Crippen LogP contribution in [0.4, 0.5) is 11.4 Å². The molecule has 0 N–H and O–H groups in total. The van der Waals surface area contributed by atoms with E-state index in [0.29, 0.717) is 0 Å². The Morgan fingerprint density at radius 1 is 0.370 bits per heavy atom. The second-order valence-electron chi connectivity index (χ2n) is 11.6. The molecule has 0 aliphatic rings. The molecule has 0 unspecified atom stereocenters. The van der Waals surface area contributed by atoms with Crippen LogP contribution in [0, 0.1) is 0 Å². The lowest BCUT2D eigenvalue weighted by molar-refractivity contribution is 0.831. The second kappa shape index (κ2) is 15.1. The molecule has 0 aromatic heterocycles. The number of hydrogen-bond acceptors (Lipinski definition) is 2. The highest BCUT2D eigenvalue weighted by atomic mass is 15.1. The summed E-state index contributed by atoms with van der Waals surface area (Å²) in [5, 5.41) is 0. The number of hydrogen-bond donors (Lipinski definition) is 0. The van der Waals surface area contributed by atoms with Crippen molar-refractivity contribution in [2.75, 3.05) is 22.9 Å². The maximum absolute atomic E-state index is 2.45. The van der Waals surface area contributed by atoms with Crippen molar-refractivity contribution in [2.45, 2.75) is 26.9 Å². The predicted octanol–water partition coefficient (Wildman–Crippen LogP) is 10.7. The third kappa shape index (κ3) is 7.30. The van der Waals surface area contributed by atoms with Crippen LogP contribution in [0.15, 0.2) is 170 Å². The third-order valence-corrected chi connectivity index (χ3v) is 8.57. The van der Waals surface area contributed by atoms with Crippen LogP contribution in [0.5, 0.6) is 0 Å². The van der Waals surface area contributed by atoms with E-state index in [2.05, 4.69) is 194 Å². The van der Waals surface area contributed by atoms with Crippen LogP contribution in [0.3, 0.4) is 0 Å². The summed E-state index contributed by atoms with van der Waals surface area (Å²) in [5.41, 5.74) is 12.3. The van der Waals surface area contributed by atoms with E-state index in [1.54, 1.807) is 0 Å². The van der Waals surface area contributed by atoms with Crippen molar-refractivity contribution in [1.82, 2.24) is 0 Å². The van der Waals surface area contributed by atoms with Gasteiger partial charge in [-0.2, -0.15) is 0 Å². The Labute approximate surface area is 274 Å². The molecule has 46 heavy (non-hydrogen) atoms. The van der Waals surface area contributed by atoms with Crippen molar-refractivity contribution in [3.8, 4) is 0 Å². The van der Waals surface area contributed by atoms with Gasteiger partial charge < -0.3 is 9.80 Å². The van der Waals surface area contributed by atoms with E-state index < -0.39 is 0 Å². The van der Waals surface area contributed by atoms with Gasteiger partial charge in [-0.15, -0.1) is 0 Å². The molecular formula is C44H42N2. The largest absolute Gasteiger partial charge is 0.367 e. The van der Waals surface area contributed by atoms with Gasteiger partial charge in [-0.3, -0.25) is 0 Å². The fraction of sp³-hybridized carbons (Fsp3) is 0.136. The van der Waals surface area contributed by atoms with Crippen molar-refractivity contribution < 1.29 is 0 Å². The van der Waals surface area contributed by atoms with Gasteiger partial charge in [-0.05, 0) is 82.6 Å². The summed E-state index contributed by atoms with van der Waals surface area (Å²) in [4.78, 5) is 4.91. The van der Waals surface area contributed by atoms with Crippen molar-refractivity contribution in [1.29, 1.82) is 0 Å². The predicted molar refractivity (Wildman–Crippen MR) is 197 cm³/mol. The van der Waals surface area contributed by atoms with Gasteiger partial charge in [0.15, 0.2) is 0 Å². The molecule has 6 rings (SSSR count). The Bertz CT molecular complexity index is 1710. The molecule has 0 bridgehead atoms. The van der Waals surface area contributed by atoms with Crippen LogP contribution >= 0.6 is 0 Å². The molecule has 0 atom stereocenters. The van der Waals surface area contributed by atoms with Crippen LogP contribution < -0.4 is 9.80 Å². The SMILES string of the molecule is CCN(Cc1ccccc1)c1cccc(C(=C(c2ccccc2)c2ccccc2)c2cccc(N(CC)Cc3ccccc3)c2)c1. The van der Waals surface area contributed by atoms with Crippen LogP contribution in [0.25, 0.3) is 11.1 Å². The minimum atomic E-state index is 0.866. The molecule has 0 aliphatic heterocycles. The van der Waals surface area contributed by atoms with Gasteiger partial charge in [-0.25, -0.2) is 0 Å². The Kier molecular flexibility index (Phi) is 10.1. The molecule has 2 heteroatoms. The zero-order chi connectivity index (χ0) is 31.6. The zero-order valence-electron chi connectivity index (χ0n) is 26.9. The summed E-state index contributed by atoms with van der Waals surface area (Å²) < 4.78 is 0. The summed E-state index contributed by atoms with van der Waals surface area (Å²) in [6.07, 6.45) is 0. The number of anilines is 2. The average Bonchev–Trinajstić information content (AvgIpc) is 3.13. The van der Waals surface area contributed by atoms with Gasteiger partial charge in [-0.1, -0.05) is 146 Å². The molecule has 0 saturated carbocycles. The van der Waals surface area contributed by atoms with Crippen molar-refractivity contribution in [3.63, 3.8) is 0 Å². The molecule has 6 aromatic carbocycles. The standard InChI is InChI=1S/C44H42N2/c1-3-45(33-35-19-9-5-10-20-35)41-29-17-27-39(31-41)44(43(37-23-13-7-14-24-37)38-25-15-8-16-26-38)40-28-18-30-42(32-40)46(4-2)34-36-21-11-6-12-22-36/h5-32H,3-4,33-34H2,1-2H3. The number of nitrogens with zero attached hydrogens (tertiary/aromatic N) is 2. The van der Waals surface area contributed by atoms with E-state index in [1.807, 2.05) is 0 Å². The lowest BCUT2D eigenvalue weighted by Crippen LogP contribution is -2.22. The van der Waals surface area contributed by atoms with Gasteiger partial charge in [0.05, 0.1) is 0 Å². The number of benzene rings is 6. The molecule has 0 radical (unpaired) electrons. The van der Waals surface area contributed by atoms with Crippen molar-refractivity contribution in [3.05, 3.63) is 203 Å². The molecule has 2 nitrogen and oxygen atoms in total. The molecule has 0 saturated heterocycles. The van der Waals surface area contributed by atoms with Crippen LogP contribution in [0.2, 0.25) is 0 Å². The van der Waals surface area contributed by atoms with Crippen molar-refractivity contribution >= 4 is 22.5 Å². The van der Waals surface area contributed by atoms with E-state index in [4.69, 9.17) is 0 Å². The van der Waals surface area contributed by atoms with Gasteiger partial charge in [0.25, 0.3) is 0 Å². The minimum Gasteiger partial charge on any atom is -0.367 e. The molecule has 0 fully saturated rings.